The molecule has 1 aliphatic heterocycles. The van der Waals surface area contributed by atoms with Gasteiger partial charge in [-0.3, -0.25) is 19.2 Å². The number of hydrogen-bond acceptors (Lipinski definition) is 8. The van der Waals surface area contributed by atoms with E-state index in [1.807, 2.05) is 30.3 Å². The molecule has 3 rings (SSSR count). The minimum absolute atomic E-state index is 0.0242. The van der Waals surface area contributed by atoms with Gasteiger partial charge in [0.2, 0.25) is 17.6 Å². The number of nitrogens with one attached hydrogen (secondary N) is 4. The molecule has 2 heterocycles. The van der Waals surface area contributed by atoms with Gasteiger partial charge in [0, 0.05) is 31.3 Å². The Morgan fingerprint density at radius 1 is 1.00 bits per heavy atom. The molecule has 214 valence electrons. The Morgan fingerprint density at radius 3 is 2.35 bits per heavy atom. The lowest BCUT2D eigenvalue weighted by atomic mass is 9.97. The first-order valence-electron chi connectivity index (χ1n) is 13.2. The van der Waals surface area contributed by atoms with Gasteiger partial charge in [-0.25, -0.2) is 14.8 Å². The highest BCUT2D eigenvalue weighted by Crippen LogP contribution is 2.13. The minimum atomic E-state index is -1.18. The second-order valence-corrected chi connectivity index (χ2v) is 10.3. The predicted octanol–water partition coefficient (Wildman–Crippen LogP) is 0.837. The molecule has 0 spiro atoms. The highest BCUT2D eigenvalue weighted by Gasteiger charge is 2.35. The maximum absolute atomic E-state index is 13.4. The number of fused-ring (bicyclic) bond motifs is 1. The molecule has 4 N–H and O–H groups in total. The summed E-state index contributed by atoms with van der Waals surface area (Å²) in [5, 5.41) is 10.5. The number of amides is 4. The van der Waals surface area contributed by atoms with Crippen LogP contribution in [0.2, 0.25) is 0 Å². The average Bonchev–Trinajstić information content (AvgIpc) is 2.98. The van der Waals surface area contributed by atoms with E-state index in [0.717, 1.165) is 5.56 Å². The van der Waals surface area contributed by atoms with Crippen molar-refractivity contribution in [3.05, 3.63) is 59.7 Å². The average molecular weight is 553 g/mol. The Labute approximate surface area is 233 Å². The van der Waals surface area contributed by atoms with Crippen LogP contribution in [-0.4, -0.2) is 64.2 Å². The lowest BCUT2D eigenvalue weighted by molar-refractivity contribution is -0.140. The number of benzene rings is 1. The molecule has 2 aromatic rings. The Morgan fingerprint density at radius 2 is 1.68 bits per heavy atom. The number of carbonyl (C=O) groups is 5. The molecule has 1 aliphatic rings. The molecule has 0 aliphatic carbocycles. The highest BCUT2D eigenvalue weighted by atomic mass is 16.5. The van der Waals surface area contributed by atoms with Gasteiger partial charge in [0.25, 0.3) is 5.91 Å². The molecular weight excluding hydrogens is 516 g/mol. The molecule has 3 unspecified atom stereocenters. The third kappa shape index (κ3) is 8.32. The van der Waals surface area contributed by atoms with E-state index in [0.29, 0.717) is 17.7 Å². The van der Waals surface area contributed by atoms with Crippen molar-refractivity contribution in [1.82, 2.24) is 31.2 Å². The van der Waals surface area contributed by atoms with Crippen molar-refractivity contribution in [3.8, 4) is 0 Å². The van der Waals surface area contributed by atoms with Crippen molar-refractivity contribution in [3.63, 3.8) is 0 Å². The summed E-state index contributed by atoms with van der Waals surface area (Å²) in [6.07, 6.45) is 2.61. The molecule has 12 nitrogen and oxygen atoms in total. The van der Waals surface area contributed by atoms with Crippen LogP contribution in [0.4, 0.5) is 4.79 Å². The first kappa shape index (κ1) is 30.2. The fraction of sp³-hybridized carbons (Fsp3) is 0.464. The van der Waals surface area contributed by atoms with Gasteiger partial charge in [-0.15, -0.1) is 0 Å². The zero-order valence-electron chi connectivity index (χ0n) is 23.1. The number of Topliss-reactive ketones (excluding diaryl/α,β-unsaturated/α-hetero) is 1. The number of carbonyl (C=O) groups excluding carboxylic acids is 5. The van der Waals surface area contributed by atoms with Gasteiger partial charge in [0.05, 0.1) is 0 Å². The summed E-state index contributed by atoms with van der Waals surface area (Å²) in [6.45, 7) is 7.22. The van der Waals surface area contributed by atoms with Crippen LogP contribution in [0.25, 0.3) is 0 Å². The van der Waals surface area contributed by atoms with Crippen LogP contribution in [0, 0.1) is 11.8 Å². The van der Waals surface area contributed by atoms with Gasteiger partial charge in [-0.1, -0.05) is 58.0 Å². The van der Waals surface area contributed by atoms with Crippen LogP contribution in [-0.2, 0) is 43.4 Å². The molecule has 40 heavy (non-hydrogen) atoms. The number of aromatic nitrogens is 2. The predicted molar refractivity (Wildman–Crippen MR) is 145 cm³/mol. The molecule has 0 bridgehead atoms. The van der Waals surface area contributed by atoms with E-state index in [9.17, 15) is 24.0 Å². The lowest BCUT2D eigenvalue weighted by Crippen LogP contribution is -2.59. The second kappa shape index (κ2) is 14.2. The quantitative estimate of drug-likeness (QED) is 0.332. The fourth-order valence-electron chi connectivity index (χ4n) is 4.21. The van der Waals surface area contributed by atoms with Crippen molar-refractivity contribution >= 4 is 29.6 Å². The molecule has 12 heteroatoms. The monoisotopic (exact) mass is 552 g/mol. The van der Waals surface area contributed by atoms with Gasteiger partial charge >= 0.3 is 6.09 Å². The van der Waals surface area contributed by atoms with E-state index >= 15 is 0 Å². The van der Waals surface area contributed by atoms with Crippen molar-refractivity contribution in [2.45, 2.75) is 65.3 Å². The van der Waals surface area contributed by atoms with Crippen LogP contribution in [0.5, 0.6) is 0 Å². The van der Waals surface area contributed by atoms with Gasteiger partial charge in [0.1, 0.15) is 31.1 Å². The van der Waals surface area contributed by atoms with Crippen LogP contribution >= 0.6 is 0 Å². The van der Waals surface area contributed by atoms with Crippen LogP contribution in [0.15, 0.2) is 42.9 Å². The number of ether oxygens (including phenoxy) is 1. The standard InChI is InChI=1S/C28H36N6O6/c1-16(2)22(33-26(37)23(17(3)4)34-28(39)40-14-18-8-6-5-7-9-18)25(36)32-21-12-19-13-29-15-31-20(19)10-11-30-27(38)24(21)35/h5-9,13,15-17,21-23H,10-12,14H2,1-4H3,(H,30,38)(H,32,36)(H,33,37)(H,34,39). The molecule has 0 fully saturated rings. The number of nitrogens with zero attached hydrogens (tertiary/aromatic N) is 2. The van der Waals surface area contributed by atoms with Gasteiger partial charge in [-0.2, -0.15) is 0 Å². The second-order valence-electron chi connectivity index (χ2n) is 10.3. The van der Waals surface area contributed by atoms with E-state index in [1.165, 1.54) is 6.33 Å². The number of rotatable bonds is 9. The van der Waals surface area contributed by atoms with Crippen molar-refractivity contribution < 1.29 is 28.7 Å². The van der Waals surface area contributed by atoms with Crippen LogP contribution in [0.3, 0.4) is 0 Å². The highest BCUT2D eigenvalue weighted by molar-refractivity contribution is 6.38. The maximum Gasteiger partial charge on any atom is 0.408 e. The Bertz CT molecular complexity index is 1220. The number of ketones is 1. The molecule has 0 saturated carbocycles. The summed E-state index contributed by atoms with van der Waals surface area (Å²) >= 11 is 0. The van der Waals surface area contributed by atoms with Crippen molar-refractivity contribution in [2.24, 2.45) is 11.8 Å². The molecule has 0 radical (unpaired) electrons. The Balaban J connectivity index is 1.69. The third-order valence-corrected chi connectivity index (χ3v) is 6.49. The topological polar surface area (TPSA) is 168 Å². The lowest BCUT2D eigenvalue weighted by Gasteiger charge is -2.28. The summed E-state index contributed by atoms with van der Waals surface area (Å²) in [6, 6.07) is 5.89. The van der Waals surface area contributed by atoms with Crippen molar-refractivity contribution in [2.75, 3.05) is 6.54 Å². The zero-order chi connectivity index (χ0) is 29.2. The van der Waals surface area contributed by atoms with E-state index in [4.69, 9.17) is 4.74 Å². The smallest absolute Gasteiger partial charge is 0.408 e. The van der Waals surface area contributed by atoms with Gasteiger partial charge in [-0.05, 0) is 23.0 Å². The fourth-order valence-corrected chi connectivity index (χ4v) is 4.21. The van der Waals surface area contributed by atoms with Crippen LogP contribution < -0.4 is 21.3 Å². The van der Waals surface area contributed by atoms with E-state index in [-0.39, 0.29) is 31.4 Å². The van der Waals surface area contributed by atoms with Gasteiger partial charge in [0.15, 0.2) is 0 Å². The van der Waals surface area contributed by atoms with Crippen molar-refractivity contribution in [1.29, 1.82) is 0 Å². The first-order valence-corrected chi connectivity index (χ1v) is 13.2. The summed E-state index contributed by atoms with van der Waals surface area (Å²) < 4.78 is 5.25. The first-order chi connectivity index (χ1) is 19.1. The van der Waals surface area contributed by atoms with Gasteiger partial charge < -0.3 is 26.0 Å². The maximum atomic E-state index is 13.4. The number of alkyl carbamates (subject to hydrolysis) is 1. The SMILES string of the molecule is CC(C)C(NC(=O)OCc1ccccc1)C(=O)NC(C(=O)NC1Cc2cncnc2CCNC(=O)C1=O)C(C)C. The minimum Gasteiger partial charge on any atom is -0.445 e. The molecule has 3 atom stereocenters. The summed E-state index contributed by atoms with van der Waals surface area (Å²) in [5.41, 5.74) is 2.10. The van der Waals surface area contributed by atoms with E-state index in [2.05, 4.69) is 31.2 Å². The molecular formula is C28H36N6O6. The molecule has 1 aromatic carbocycles. The van der Waals surface area contributed by atoms with E-state index in [1.54, 1.807) is 33.9 Å². The summed E-state index contributed by atoms with van der Waals surface area (Å²) in [5.74, 6) is -3.54. The molecule has 0 saturated heterocycles. The normalized spacial score (nSPS) is 16.9. The Hall–Kier alpha value is -4.35. The molecule has 1 aromatic heterocycles. The summed E-state index contributed by atoms with van der Waals surface area (Å²) in [7, 11) is 0. The zero-order valence-corrected chi connectivity index (χ0v) is 23.1. The molecule has 4 amide bonds. The third-order valence-electron chi connectivity index (χ3n) is 6.49. The van der Waals surface area contributed by atoms with Crippen LogP contribution in [0.1, 0.15) is 44.5 Å². The Kier molecular flexibility index (Phi) is 10.7. The van der Waals surface area contributed by atoms with E-state index < -0.39 is 47.7 Å². The largest absolute Gasteiger partial charge is 0.445 e. The number of hydrogen-bond donors (Lipinski definition) is 4. The summed E-state index contributed by atoms with van der Waals surface area (Å²) in [4.78, 5) is 72.5.